The topological polar surface area (TPSA) is 89.6 Å². The van der Waals surface area contributed by atoms with Crippen molar-refractivity contribution in [1.82, 2.24) is 4.98 Å². The van der Waals surface area contributed by atoms with Crippen LogP contribution in [0.5, 0.6) is 11.5 Å². The number of carbonyl (C=O) groups excluding carboxylic acids is 2. The van der Waals surface area contributed by atoms with E-state index in [0.717, 1.165) is 26.9 Å². The third-order valence-corrected chi connectivity index (χ3v) is 7.69. The van der Waals surface area contributed by atoms with E-state index < -0.39 is 0 Å². The van der Waals surface area contributed by atoms with Crippen LogP contribution in [0.25, 0.3) is 22.0 Å². The number of carbonyl (C=O) groups is 2. The molecule has 7 nitrogen and oxygen atoms in total. The Labute approximate surface area is 234 Å². The standard InChI is InChI=1S/C30H25N3O4S2/c1-36-26-14-9-21(16-27(26)37-2)25-17-39-30(32-25)33-28(34)18-38-24-12-10-23(11-13-24)31-29(35)22-8-7-19-5-3-4-6-20(19)15-22/h3-17H,18H2,1-2H3,(H,31,35)(H,32,33,34). The lowest BCUT2D eigenvalue weighted by Crippen LogP contribution is -2.13. The lowest BCUT2D eigenvalue weighted by Gasteiger charge is -2.08. The number of aromatic nitrogens is 1. The van der Waals surface area contributed by atoms with Crippen LogP contribution >= 0.6 is 23.1 Å². The average Bonchev–Trinajstić information content (AvgIpc) is 3.44. The predicted octanol–water partition coefficient (Wildman–Crippen LogP) is 6.96. The lowest BCUT2D eigenvalue weighted by molar-refractivity contribution is -0.113. The van der Waals surface area contributed by atoms with Crippen molar-refractivity contribution < 1.29 is 19.1 Å². The van der Waals surface area contributed by atoms with Gasteiger partial charge in [0.2, 0.25) is 5.91 Å². The molecule has 1 heterocycles. The highest BCUT2D eigenvalue weighted by Gasteiger charge is 2.12. The molecular weight excluding hydrogens is 530 g/mol. The van der Waals surface area contributed by atoms with E-state index in [1.54, 1.807) is 14.2 Å². The Morgan fingerprint density at radius 2 is 1.62 bits per heavy atom. The minimum absolute atomic E-state index is 0.151. The second-order valence-electron chi connectivity index (χ2n) is 8.48. The molecule has 0 aliphatic carbocycles. The fraction of sp³-hybridized carbons (Fsp3) is 0.100. The number of methoxy groups -OCH3 is 2. The fourth-order valence-corrected chi connectivity index (χ4v) is 5.37. The highest BCUT2D eigenvalue weighted by Crippen LogP contribution is 2.33. The van der Waals surface area contributed by atoms with Gasteiger partial charge in [0.15, 0.2) is 16.6 Å². The molecule has 0 saturated heterocycles. The Morgan fingerprint density at radius 3 is 2.38 bits per heavy atom. The monoisotopic (exact) mass is 555 g/mol. The van der Waals surface area contributed by atoms with E-state index in [2.05, 4.69) is 15.6 Å². The van der Waals surface area contributed by atoms with Gasteiger partial charge in [0.1, 0.15) is 0 Å². The molecule has 0 atom stereocenters. The van der Waals surface area contributed by atoms with Crippen LogP contribution in [0.1, 0.15) is 10.4 Å². The first kappa shape index (κ1) is 26.3. The summed E-state index contributed by atoms with van der Waals surface area (Å²) < 4.78 is 10.6. The van der Waals surface area contributed by atoms with Crippen molar-refractivity contribution >= 4 is 56.5 Å². The first-order valence-electron chi connectivity index (χ1n) is 12.0. The molecule has 5 rings (SSSR count). The van der Waals surface area contributed by atoms with E-state index in [4.69, 9.17) is 9.47 Å². The molecule has 9 heteroatoms. The molecule has 5 aromatic rings. The molecule has 0 bridgehead atoms. The van der Waals surface area contributed by atoms with E-state index in [-0.39, 0.29) is 17.6 Å². The zero-order valence-corrected chi connectivity index (χ0v) is 22.9. The summed E-state index contributed by atoms with van der Waals surface area (Å²) in [4.78, 5) is 30.7. The van der Waals surface area contributed by atoms with Crippen LogP contribution < -0.4 is 20.1 Å². The molecule has 0 unspecified atom stereocenters. The number of nitrogens with one attached hydrogen (secondary N) is 2. The number of thioether (sulfide) groups is 1. The summed E-state index contributed by atoms with van der Waals surface area (Å²) in [6.07, 6.45) is 0. The van der Waals surface area contributed by atoms with Gasteiger partial charge in [0.25, 0.3) is 5.91 Å². The summed E-state index contributed by atoms with van der Waals surface area (Å²) in [6, 6.07) is 26.6. The Bertz CT molecular complexity index is 1630. The highest BCUT2D eigenvalue weighted by molar-refractivity contribution is 8.00. The third-order valence-electron chi connectivity index (χ3n) is 5.92. The number of amides is 2. The maximum absolute atomic E-state index is 12.7. The first-order chi connectivity index (χ1) is 19.0. The van der Waals surface area contributed by atoms with Gasteiger partial charge >= 0.3 is 0 Å². The Hall–Kier alpha value is -4.34. The zero-order valence-electron chi connectivity index (χ0n) is 21.3. The second-order valence-corrected chi connectivity index (χ2v) is 10.4. The van der Waals surface area contributed by atoms with Gasteiger partial charge in [0.05, 0.1) is 25.7 Å². The molecule has 0 radical (unpaired) electrons. The van der Waals surface area contributed by atoms with E-state index in [9.17, 15) is 9.59 Å². The number of hydrogen-bond acceptors (Lipinski definition) is 7. The van der Waals surface area contributed by atoms with Crippen molar-refractivity contribution in [2.75, 3.05) is 30.6 Å². The van der Waals surface area contributed by atoms with E-state index in [0.29, 0.717) is 27.9 Å². The fourth-order valence-electron chi connectivity index (χ4n) is 3.93. The van der Waals surface area contributed by atoms with Crippen LogP contribution in [0.4, 0.5) is 10.8 Å². The average molecular weight is 556 g/mol. The molecule has 0 spiro atoms. The van der Waals surface area contributed by atoms with Crippen molar-refractivity contribution in [3.8, 4) is 22.8 Å². The molecule has 4 aromatic carbocycles. The van der Waals surface area contributed by atoms with Crippen LogP contribution in [0.2, 0.25) is 0 Å². The summed E-state index contributed by atoms with van der Waals surface area (Å²) in [5, 5.41) is 10.3. The smallest absolute Gasteiger partial charge is 0.255 e. The summed E-state index contributed by atoms with van der Waals surface area (Å²) in [7, 11) is 3.17. The van der Waals surface area contributed by atoms with Crippen LogP contribution in [0.3, 0.4) is 0 Å². The Morgan fingerprint density at radius 1 is 0.846 bits per heavy atom. The zero-order chi connectivity index (χ0) is 27.2. The van der Waals surface area contributed by atoms with E-state index >= 15 is 0 Å². The SMILES string of the molecule is COc1ccc(-c2csc(NC(=O)CSc3ccc(NC(=O)c4ccc5ccccc5c4)cc3)n2)cc1OC. The minimum Gasteiger partial charge on any atom is -0.493 e. The molecule has 196 valence electrons. The molecule has 39 heavy (non-hydrogen) atoms. The third kappa shape index (κ3) is 6.39. The summed E-state index contributed by atoms with van der Waals surface area (Å²) in [6.45, 7) is 0. The molecule has 0 saturated carbocycles. The molecule has 2 N–H and O–H groups in total. The van der Waals surface area contributed by atoms with Gasteiger partial charge in [-0.3, -0.25) is 9.59 Å². The van der Waals surface area contributed by atoms with Crippen LogP contribution in [0.15, 0.2) is 95.2 Å². The molecule has 0 fully saturated rings. The molecule has 0 aliphatic heterocycles. The van der Waals surface area contributed by atoms with Crippen molar-refractivity contribution in [2.24, 2.45) is 0 Å². The molecule has 2 amide bonds. The minimum atomic E-state index is -0.170. The van der Waals surface area contributed by atoms with Crippen molar-refractivity contribution in [3.63, 3.8) is 0 Å². The predicted molar refractivity (Wildman–Crippen MR) is 158 cm³/mol. The number of rotatable bonds is 9. The van der Waals surface area contributed by atoms with Crippen molar-refractivity contribution in [1.29, 1.82) is 0 Å². The highest BCUT2D eigenvalue weighted by atomic mass is 32.2. The quantitative estimate of drug-likeness (QED) is 0.191. The normalized spacial score (nSPS) is 10.7. The summed E-state index contributed by atoms with van der Waals surface area (Å²) in [5.74, 6) is 1.17. The van der Waals surface area contributed by atoms with Crippen LogP contribution in [-0.2, 0) is 4.79 Å². The van der Waals surface area contributed by atoms with Gasteiger partial charge in [-0.2, -0.15) is 0 Å². The van der Waals surface area contributed by atoms with Crippen LogP contribution in [-0.4, -0.2) is 36.8 Å². The molecular formula is C30H25N3O4S2. The van der Waals surface area contributed by atoms with Crippen molar-refractivity contribution in [2.45, 2.75) is 4.90 Å². The van der Waals surface area contributed by atoms with Crippen LogP contribution in [0, 0.1) is 0 Å². The van der Waals surface area contributed by atoms with E-state index in [1.807, 2.05) is 90.3 Å². The van der Waals surface area contributed by atoms with Gasteiger partial charge in [0, 0.05) is 27.1 Å². The van der Waals surface area contributed by atoms with Gasteiger partial charge in [-0.15, -0.1) is 23.1 Å². The van der Waals surface area contributed by atoms with Gasteiger partial charge in [-0.1, -0.05) is 30.3 Å². The Kier molecular flexibility index (Phi) is 8.10. The number of anilines is 2. The first-order valence-corrected chi connectivity index (χ1v) is 13.9. The largest absolute Gasteiger partial charge is 0.493 e. The van der Waals surface area contributed by atoms with Gasteiger partial charge < -0.3 is 20.1 Å². The molecule has 1 aromatic heterocycles. The number of fused-ring (bicyclic) bond motifs is 1. The summed E-state index contributed by atoms with van der Waals surface area (Å²) >= 11 is 2.77. The maximum Gasteiger partial charge on any atom is 0.255 e. The maximum atomic E-state index is 12.7. The number of thiazole rings is 1. The van der Waals surface area contributed by atoms with Gasteiger partial charge in [-0.25, -0.2) is 4.98 Å². The van der Waals surface area contributed by atoms with Gasteiger partial charge in [-0.05, 0) is 65.4 Å². The molecule has 0 aliphatic rings. The van der Waals surface area contributed by atoms with Crippen molar-refractivity contribution in [3.05, 3.63) is 95.9 Å². The summed E-state index contributed by atoms with van der Waals surface area (Å²) in [5.41, 5.74) is 2.89. The number of benzene rings is 4. The second kappa shape index (κ2) is 12.0. The number of nitrogens with zero attached hydrogens (tertiary/aromatic N) is 1. The number of ether oxygens (including phenoxy) is 2. The Balaban J connectivity index is 1.13. The lowest BCUT2D eigenvalue weighted by atomic mass is 10.1. The van der Waals surface area contributed by atoms with E-state index in [1.165, 1.54) is 23.1 Å². The number of hydrogen-bond donors (Lipinski definition) is 2.